The molecule has 2 aromatic rings. The van der Waals surface area contributed by atoms with Gasteiger partial charge in [-0.3, -0.25) is 0 Å². The van der Waals surface area contributed by atoms with Crippen LogP contribution in [0, 0.1) is 6.92 Å². The summed E-state index contributed by atoms with van der Waals surface area (Å²) in [6.45, 7) is 5.81. The summed E-state index contributed by atoms with van der Waals surface area (Å²) in [6.07, 6.45) is 5.42. The fourth-order valence-corrected chi connectivity index (χ4v) is 2.67. The maximum atomic E-state index is 5.80. The van der Waals surface area contributed by atoms with Crippen molar-refractivity contribution in [3.63, 3.8) is 0 Å². The monoisotopic (exact) mass is 283 g/mol. The van der Waals surface area contributed by atoms with Gasteiger partial charge < -0.3 is 10.1 Å². The maximum Gasteiger partial charge on any atom is 0.322 e. The smallest absolute Gasteiger partial charge is 0.322 e. The lowest BCUT2D eigenvalue weighted by molar-refractivity contribution is 0.438. The molecule has 0 saturated heterocycles. The Hall–Kier alpha value is -1.94. The molecular weight excluding hydrogens is 262 g/mol. The van der Waals surface area contributed by atoms with Crippen LogP contribution in [0.25, 0.3) is 0 Å². The zero-order chi connectivity index (χ0) is 14.7. The molecule has 1 aromatic carbocycles. The molecule has 1 N–H and O–H groups in total. The Morgan fingerprint density at radius 2 is 2.10 bits per heavy atom. The Morgan fingerprint density at radius 3 is 2.90 bits per heavy atom. The molecule has 1 aromatic heterocycles. The molecule has 21 heavy (non-hydrogen) atoms. The first kappa shape index (κ1) is 14.0. The zero-order valence-electron chi connectivity index (χ0n) is 12.6. The summed E-state index contributed by atoms with van der Waals surface area (Å²) >= 11 is 0. The summed E-state index contributed by atoms with van der Waals surface area (Å²) in [4.78, 5) is 8.75. The van der Waals surface area contributed by atoms with Gasteiger partial charge in [-0.1, -0.05) is 13.0 Å². The van der Waals surface area contributed by atoms with Gasteiger partial charge in [0.1, 0.15) is 5.75 Å². The van der Waals surface area contributed by atoms with E-state index in [9.17, 15) is 0 Å². The van der Waals surface area contributed by atoms with E-state index in [1.165, 1.54) is 24.0 Å². The highest BCUT2D eigenvalue weighted by Gasteiger charge is 2.12. The zero-order valence-corrected chi connectivity index (χ0v) is 12.6. The van der Waals surface area contributed by atoms with Crippen LogP contribution >= 0.6 is 0 Å². The molecule has 3 rings (SSSR count). The van der Waals surface area contributed by atoms with E-state index in [0.29, 0.717) is 6.01 Å². The normalized spacial score (nSPS) is 13.2. The van der Waals surface area contributed by atoms with E-state index in [2.05, 4.69) is 34.3 Å². The van der Waals surface area contributed by atoms with E-state index in [4.69, 9.17) is 4.74 Å². The third-order valence-electron chi connectivity index (χ3n) is 3.90. The summed E-state index contributed by atoms with van der Waals surface area (Å²) in [5.41, 5.74) is 4.91. The van der Waals surface area contributed by atoms with Gasteiger partial charge in [0.25, 0.3) is 0 Å². The summed E-state index contributed by atoms with van der Waals surface area (Å²) < 4.78 is 5.80. The second-order valence-corrected chi connectivity index (χ2v) is 5.43. The molecule has 0 bridgehead atoms. The molecule has 0 radical (unpaired) electrons. The Labute approximate surface area is 125 Å². The van der Waals surface area contributed by atoms with Crippen molar-refractivity contribution in [3.05, 3.63) is 46.8 Å². The molecule has 1 aliphatic rings. The van der Waals surface area contributed by atoms with Crippen LogP contribution < -0.4 is 10.1 Å². The Kier molecular flexibility index (Phi) is 4.15. The molecule has 0 spiro atoms. The fourth-order valence-electron chi connectivity index (χ4n) is 2.67. The molecular formula is C17H21N3O. The van der Waals surface area contributed by atoms with Crippen LogP contribution in [0.15, 0.2) is 24.4 Å². The van der Waals surface area contributed by atoms with Gasteiger partial charge in [-0.25, -0.2) is 4.98 Å². The van der Waals surface area contributed by atoms with Crippen LogP contribution in [0.4, 0.5) is 0 Å². The highest BCUT2D eigenvalue weighted by molar-refractivity contribution is 5.39. The van der Waals surface area contributed by atoms with E-state index >= 15 is 0 Å². The molecule has 0 saturated carbocycles. The number of nitrogens with zero attached hydrogens (tertiary/aromatic N) is 2. The number of fused-ring (bicyclic) bond motifs is 1. The van der Waals surface area contributed by atoms with Crippen LogP contribution in [-0.2, 0) is 19.4 Å². The quantitative estimate of drug-likeness (QED) is 0.915. The lowest BCUT2D eigenvalue weighted by Crippen LogP contribution is -2.13. The molecule has 1 aliphatic carbocycles. The van der Waals surface area contributed by atoms with Gasteiger partial charge in [0.15, 0.2) is 0 Å². The molecule has 0 fully saturated rings. The third kappa shape index (κ3) is 3.22. The maximum absolute atomic E-state index is 5.80. The van der Waals surface area contributed by atoms with Gasteiger partial charge in [-0.05, 0) is 56.0 Å². The van der Waals surface area contributed by atoms with Gasteiger partial charge in [0.2, 0.25) is 0 Å². The number of ether oxygens (including phenoxy) is 1. The first-order valence-electron chi connectivity index (χ1n) is 7.59. The molecule has 0 atom stereocenters. The number of benzene rings is 1. The third-order valence-corrected chi connectivity index (χ3v) is 3.90. The van der Waals surface area contributed by atoms with Crippen LogP contribution in [0.3, 0.4) is 0 Å². The number of aromatic nitrogens is 2. The van der Waals surface area contributed by atoms with Crippen molar-refractivity contribution in [3.8, 4) is 11.8 Å². The predicted molar refractivity (Wildman–Crippen MR) is 82.7 cm³/mol. The predicted octanol–water partition coefficient (Wildman–Crippen LogP) is 3.18. The standard InChI is InChI=1S/C17H21N3O/c1-3-18-10-15-11-19-17(20-12(15)2)21-16-8-7-13-5-4-6-14(13)9-16/h7-9,11,18H,3-6,10H2,1-2H3. The highest BCUT2D eigenvalue weighted by Crippen LogP contribution is 2.27. The number of rotatable bonds is 5. The van der Waals surface area contributed by atoms with Gasteiger partial charge in [0, 0.05) is 24.0 Å². The van der Waals surface area contributed by atoms with Crippen molar-refractivity contribution < 1.29 is 4.74 Å². The van der Waals surface area contributed by atoms with E-state index in [1.807, 2.05) is 19.2 Å². The molecule has 4 nitrogen and oxygen atoms in total. The number of hydrogen-bond donors (Lipinski definition) is 1. The first-order valence-corrected chi connectivity index (χ1v) is 7.59. The largest absolute Gasteiger partial charge is 0.424 e. The lowest BCUT2D eigenvalue weighted by atomic mass is 10.1. The number of nitrogens with one attached hydrogen (secondary N) is 1. The SMILES string of the molecule is CCNCc1cnc(Oc2ccc3c(c2)CCC3)nc1C. The highest BCUT2D eigenvalue weighted by atomic mass is 16.5. The molecule has 0 aliphatic heterocycles. The van der Waals surface area contributed by atoms with Crippen molar-refractivity contribution in [2.24, 2.45) is 0 Å². The Morgan fingerprint density at radius 1 is 1.24 bits per heavy atom. The minimum Gasteiger partial charge on any atom is -0.424 e. The first-order chi connectivity index (χ1) is 10.3. The van der Waals surface area contributed by atoms with Gasteiger partial charge in [-0.15, -0.1) is 0 Å². The van der Waals surface area contributed by atoms with Gasteiger partial charge in [0.05, 0.1) is 0 Å². The number of hydrogen-bond acceptors (Lipinski definition) is 4. The lowest BCUT2D eigenvalue weighted by Gasteiger charge is -2.09. The van der Waals surface area contributed by atoms with E-state index in [0.717, 1.165) is 36.5 Å². The summed E-state index contributed by atoms with van der Waals surface area (Å²) in [5.74, 6) is 0.828. The van der Waals surface area contributed by atoms with E-state index in [1.54, 1.807) is 0 Å². The van der Waals surface area contributed by atoms with E-state index < -0.39 is 0 Å². The van der Waals surface area contributed by atoms with Crippen molar-refractivity contribution in [2.45, 2.75) is 39.7 Å². The summed E-state index contributed by atoms with van der Waals surface area (Å²) in [5, 5.41) is 3.28. The average Bonchev–Trinajstić information content (AvgIpc) is 2.94. The fraction of sp³-hybridized carbons (Fsp3) is 0.412. The van der Waals surface area contributed by atoms with Gasteiger partial charge in [-0.2, -0.15) is 4.98 Å². The van der Waals surface area contributed by atoms with Crippen LogP contribution in [0.5, 0.6) is 11.8 Å². The van der Waals surface area contributed by atoms with Crippen LogP contribution in [-0.4, -0.2) is 16.5 Å². The molecule has 0 unspecified atom stereocenters. The van der Waals surface area contributed by atoms with Gasteiger partial charge >= 0.3 is 6.01 Å². The van der Waals surface area contributed by atoms with Crippen LogP contribution in [0.2, 0.25) is 0 Å². The Balaban J connectivity index is 1.74. The minimum atomic E-state index is 0.422. The van der Waals surface area contributed by atoms with Crippen LogP contribution in [0.1, 0.15) is 35.7 Å². The topological polar surface area (TPSA) is 47.0 Å². The second kappa shape index (κ2) is 6.22. The van der Waals surface area contributed by atoms with Crippen molar-refractivity contribution >= 4 is 0 Å². The molecule has 110 valence electrons. The second-order valence-electron chi connectivity index (χ2n) is 5.43. The number of aryl methyl sites for hydroxylation is 3. The van der Waals surface area contributed by atoms with Crippen molar-refractivity contribution in [2.75, 3.05) is 6.54 Å². The molecule has 0 amide bonds. The molecule has 4 heteroatoms. The summed E-state index contributed by atoms with van der Waals surface area (Å²) in [7, 11) is 0. The van der Waals surface area contributed by atoms with E-state index in [-0.39, 0.29) is 0 Å². The van der Waals surface area contributed by atoms with Crippen molar-refractivity contribution in [1.29, 1.82) is 0 Å². The summed E-state index contributed by atoms with van der Waals surface area (Å²) in [6, 6.07) is 6.71. The molecule has 1 heterocycles. The average molecular weight is 283 g/mol. The minimum absolute atomic E-state index is 0.422. The van der Waals surface area contributed by atoms with Crippen molar-refractivity contribution in [1.82, 2.24) is 15.3 Å². The Bertz CT molecular complexity index is 640.